The molecule has 6 heteroatoms. The van der Waals surface area contributed by atoms with Crippen molar-refractivity contribution >= 4 is 11.9 Å². The average molecular weight is 1070 g/mol. The van der Waals surface area contributed by atoms with Gasteiger partial charge in [-0.05, 0) is 57.8 Å². The molecule has 1 amide bonds. The molecule has 0 saturated heterocycles. The molecule has 0 aliphatic carbocycles. The standard InChI is InChI=1S/C70H135NO5/c1-3-5-7-9-11-13-15-17-19-20-28-31-35-38-42-46-50-54-58-62-68(73)67(66-72)71-69(74)63-59-55-51-47-43-39-36-32-29-26-24-22-21-23-25-27-30-33-37-41-45-49-53-57-61-65-76-70(75)64-60-56-52-48-44-40-34-18-16-14-12-10-8-6-4-2/h22,24,58,62,67-68,72-73H,3-21,23,25-57,59-61,63-66H2,1-2H3,(H,71,74)/b24-22-,62-58+. The van der Waals surface area contributed by atoms with Gasteiger partial charge in [-0.2, -0.15) is 0 Å². The van der Waals surface area contributed by atoms with Crippen LogP contribution in [0.4, 0.5) is 0 Å². The number of amides is 1. The van der Waals surface area contributed by atoms with Gasteiger partial charge in [-0.15, -0.1) is 0 Å². The second kappa shape index (κ2) is 65.9. The van der Waals surface area contributed by atoms with Crippen molar-refractivity contribution < 1.29 is 24.5 Å². The molecule has 0 aliphatic rings. The summed E-state index contributed by atoms with van der Waals surface area (Å²) in [6, 6.07) is -0.630. The van der Waals surface area contributed by atoms with E-state index in [9.17, 15) is 19.8 Å². The Labute approximate surface area is 475 Å². The Morgan fingerprint density at radius 3 is 0.934 bits per heavy atom. The van der Waals surface area contributed by atoms with E-state index in [0.717, 1.165) is 38.5 Å². The Hall–Kier alpha value is -1.66. The third kappa shape index (κ3) is 61.6. The number of carbonyl (C=O) groups excluding carboxylic acids is 2. The van der Waals surface area contributed by atoms with Crippen molar-refractivity contribution in [1.82, 2.24) is 5.32 Å². The lowest BCUT2D eigenvalue weighted by molar-refractivity contribution is -0.143. The van der Waals surface area contributed by atoms with Crippen LogP contribution in [0.15, 0.2) is 24.3 Å². The molecule has 0 spiro atoms. The van der Waals surface area contributed by atoms with Gasteiger partial charge in [0, 0.05) is 12.8 Å². The number of rotatable bonds is 65. The van der Waals surface area contributed by atoms with E-state index in [1.807, 2.05) is 6.08 Å². The molecule has 0 saturated carbocycles. The van der Waals surface area contributed by atoms with Crippen molar-refractivity contribution in [3.05, 3.63) is 24.3 Å². The number of carbonyl (C=O) groups is 2. The van der Waals surface area contributed by atoms with E-state index in [1.54, 1.807) is 6.08 Å². The van der Waals surface area contributed by atoms with Crippen LogP contribution in [0.25, 0.3) is 0 Å². The Bertz CT molecular complexity index is 1190. The summed E-state index contributed by atoms with van der Waals surface area (Å²) < 4.78 is 5.50. The summed E-state index contributed by atoms with van der Waals surface area (Å²) in [5.41, 5.74) is 0. The third-order valence-electron chi connectivity index (χ3n) is 16.2. The number of esters is 1. The topological polar surface area (TPSA) is 95.9 Å². The number of hydrogen-bond donors (Lipinski definition) is 3. The van der Waals surface area contributed by atoms with Crippen LogP contribution in [0.1, 0.15) is 386 Å². The van der Waals surface area contributed by atoms with Gasteiger partial charge in [0.25, 0.3) is 0 Å². The lowest BCUT2D eigenvalue weighted by atomic mass is 10.0. The molecular weight excluding hydrogens is 935 g/mol. The largest absolute Gasteiger partial charge is 0.466 e. The van der Waals surface area contributed by atoms with Crippen molar-refractivity contribution in [1.29, 1.82) is 0 Å². The Morgan fingerprint density at radius 1 is 0.355 bits per heavy atom. The number of aliphatic hydroxyl groups excluding tert-OH is 2. The second-order valence-corrected chi connectivity index (χ2v) is 23.9. The van der Waals surface area contributed by atoms with Gasteiger partial charge in [-0.25, -0.2) is 0 Å². The number of unbranched alkanes of at least 4 members (excludes halogenated alkanes) is 52. The minimum absolute atomic E-state index is 0.0166. The first-order valence-corrected chi connectivity index (χ1v) is 34.6. The van der Waals surface area contributed by atoms with E-state index in [-0.39, 0.29) is 18.5 Å². The first-order valence-electron chi connectivity index (χ1n) is 34.6. The fraction of sp³-hybridized carbons (Fsp3) is 0.914. The number of ether oxygens (including phenoxy) is 1. The quantitative estimate of drug-likeness (QED) is 0.0320. The number of allylic oxidation sites excluding steroid dienone is 3. The molecule has 6 nitrogen and oxygen atoms in total. The molecule has 0 rings (SSSR count). The highest BCUT2D eigenvalue weighted by molar-refractivity contribution is 5.76. The molecule has 0 aliphatic heterocycles. The lowest BCUT2D eigenvalue weighted by Gasteiger charge is -2.20. The molecule has 0 bridgehead atoms. The van der Waals surface area contributed by atoms with Gasteiger partial charge in [0.05, 0.1) is 25.4 Å². The van der Waals surface area contributed by atoms with Crippen LogP contribution in [-0.4, -0.2) is 47.4 Å². The Morgan fingerprint density at radius 2 is 0.618 bits per heavy atom. The van der Waals surface area contributed by atoms with Gasteiger partial charge in [-0.1, -0.05) is 340 Å². The Balaban J connectivity index is 3.41. The molecule has 2 atom stereocenters. The zero-order valence-electron chi connectivity index (χ0n) is 51.5. The van der Waals surface area contributed by atoms with Gasteiger partial charge in [-0.3, -0.25) is 9.59 Å². The van der Waals surface area contributed by atoms with Crippen LogP contribution in [0, 0.1) is 0 Å². The van der Waals surface area contributed by atoms with Crippen LogP contribution in [0.3, 0.4) is 0 Å². The summed E-state index contributed by atoms with van der Waals surface area (Å²) in [5, 5.41) is 23.2. The second-order valence-electron chi connectivity index (χ2n) is 23.9. The van der Waals surface area contributed by atoms with Crippen molar-refractivity contribution in [3.63, 3.8) is 0 Å². The molecule has 0 aromatic heterocycles. The van der Waals surface area contributed by atoms with Crippen LogP contribution in [0.5, 0.6) is 0 Å². The minimum atomic E-state index is -0.847. The first kappa shape index (κ1) is 74.3. The summed E-state index contributed by atoms with van der Waals surface area (Å²) in [4.78, 5) is 24.6. The highest BCUT2D eigenvalue weighted by Crippen LogP contribution is 2.18. The van der Waals surface area contributed by atoms with E-state index in [2.05, 4.69) is 31.3 Å². The minimum Gasteiger partial charge on any atom is -0.466 e. The Kier molecular flexibility index (Phi) is 64.4. The summed E-state index contributed by atoms with van der Waals surface area (Å²) in [6.07, 6.45) is 82.4. The van der Waals surface area contributed by atoms with Gasteiger partial charge in [0.1, 0.15) is 0 Å². The van der Waals surface area contributed by atoms with Crippen molar-refractivity contribution in [2.75, 3.05) is 13.2 Å². The van der Waals surface area contributed by atoms with E-state index in [0.29, 0.717) is 19.4 Å². The maximum absolute atomic E-state index is 12.5. The molecule has 0 aromatic carbocycles. The highest BCUT2D eigenvalue weighted by Gasteiger charge is 2.18. The lowest BCUT2D eigenvalue weighted by Crippen LogP contribution is -2.45. The molecule has 0 aromatic rings. The maximum atomic E-state index is 12.5. The molecular formula is C70H135NO5. The zero-order valence-corrected chi connectivity index (χ0v) is 51.5. The van der Waals surface area contributed by atoms with E-state index < -0.39 is 12.1 Å². The number of hydrogen-bond acceptors (Lipinski definition) is 5. The van der Waals surface area contributed by atoms with Gasteiger partial charge < -0.3 is 20.3 Å². The van der Waals surface area contributed by atoms with Crippen LogP contribution >= 0.6 is 0 Å². The molecule has 450 valence electrons. The van der Waals surface area contributed by atoms with E-state index in [4.69, 9.17) is 4.74 Å². The predicted octanol–water partition coefficient (Wildman–Crippen LogP) is 22.1. The van der Waals surface area contributed by atoms with Gasteiger partial charge in [0.2, 0.25) is 5.91 Å². The van der Waals surface area contributed by atoms with Crippen molar-refractivity contribution in [2.45, 2.75) is 398 Å². The summed E-state index contributed by atoms with van der Waals surface area (Å²) in [7, 11) is 0. The van der Waals surface area contributed by atoms with Crippen molar-refractivity contribution in [2.24, 2.45) is 0 Å². The third-order valence-corrected chi connectivity index (χ3v) is 16.2. The molecule has 76 heavy (non-hydrogen) atoms. The highest BCUT2D eigenvalue weighted by atomic mass is 16.5. The normalized spacial score (nSPS) is 12.6. The van der Waals surface area contributed by atoms with Gasteiger partial charge in [0.15, 0.2) is 0 Å². The van der Waals surface area contributed by atoms with Gasteiger partial charge >= 0.3 is 5.97 Å². The first-order chi connectivity index (χ1) is 37.5. The fourth-order valence-electron chi connectivity index (χ4n) is 10.9. The fourth-order valence-corrected chi connectivity index (χ4v) is 10.9. The number of aliphatic hydroxyl groups is 2. The molecule has 3 N–H and O–H groups in total. The molecule has 0 fully saturated rings. The van der Waals surface area contributed by atoms with Crippen molar-refractivity contribution in [3.8, 4) is 0 Å². The van der Waals surface area contributed by atoms with Crippen LogP contribution in [-0.2, 0) is 14.3 Å². The maximum Gasteiger partial charge on any atom is 0.305 e. The summed E-state index contributed by atoms with van der Waals surface area (Å²) in [5.74, 6) is -0.0510. The smallest absolute Gasteiger partial charge is 0.305 e. The summed E-state index contributed by atoms with van der Waals surface area (Å²) in [6.45, 7) is 4.94. The average Bonchev–Trinajstić information content (AvgIpc) is 3.42. The molecule has 0 radical (unpaired) electrons. The SMILES string of the molecule is CCCCCCCCCCCCCCCCCCC/C=C/C(O)C(CO)NC(=O)CCCCCCCCCCC/C=C\CCCCCCCCCCCCCCOC(=O)CCCCCCCCCCCCCCCCC. The molecule has 2 unspecified atom stereocenters. The van der Waals surface area contributed by atoms with Crippen LogP contribution < -0.4 is 5.32 Å². The zero-order chi connectivity index (χ0) is 55.0. The summed E-state index contributed by atoms with van der Waals surface area (Å²) >= 11 is 0. The predicted molar refractivity (Wildman–Crippen MR) is 333 cm³/mol. The van der Waals surface area contributed by atoms with E-state index >= 15 is 0 Å². The monoisotopic (exact) mass is 1070 g/mol. The van der Waals surface area contributed by atoms with E-state index in [1.165, 1.54) is 321 Å². The molecule has 0 heterocycles. The van der Waals surface area contributed by atoms with Crippen LogP contribution in [0.2, 0.25) is 0 Å². The number of nitrogens with one attached hydrogen (secondary N) is 1.